The first-order chi connectivity index (χ1) is 11.4. The van der Waals surface area contributed by atoms with E-state index in [0.717, 1.165) is 11.3 Å². The number of nitrogen functional groups attached to an aromatic ring is 1. The van der Waals surface area contributed by atoms with Crippen molar-refractivity contribution in [3.8, 4) is 17.0 Å². The second-order valence-electron chi connectivity index (χ2n) is 5.98. The van der Waals surface area contributed by atoms with Crippen LogP contribution in [0.3, 0.4) is 0 Å². The van der Waals surface area contributed by atoms with E-state index in [1.165, 1.54) is 0 Å². The van der Waals surface area contributed by atoms with Crippen LogP contribution in [-0.4, -0.2) is 29.0 Å². The largest absolute Gasteiger partial charge is 0.493 e. The van der Waals surface area contributed by atoms with E-state index in [4.69, 9.17) is 10.5 Å². The fraction of sp³-hybridized carbons (Fsp3) is 0.389. The molecule has 0 bridgehead atoms. The number of anilines is 1. The van der Waals surface area contributed by atoms with Gasteiger partial charge in [0.25, 0.3) is 5.91 Å². The van der Waals surface area contributed by atoms with E-state index in [1.807, 2.05) is 31.2 Å². The molecule has 2 rings (SSSR count). The van der Waals surface area contributed by atoms with Crippen molar-refractivity contribution in [1.82, 2.24) is 15.3 Å². The molecule has 0 aliphatic rings. The number of ether oxygens (including phenoxy) is 1. The number of carbonyl (C=O) groups is 1. The van der Waals surface area contributed by atoms with Gasteiger partial charge in [-0.25, -0.2) is 9.97 Å². The minimum absolute atomic E-state index is 0.149. The molecule has 0 aliphatic heterocycles. The molecule has 1 heterocycles. The lowest BCUT2D eigenvalue weighted by atomic mass is 10.0. The first-order valence-electron chi connectivity index (χ1n) is 8.08. The maximum Gasteiger partial charge on any atom is 0.255 e. The minimum atomic E-state index is -0.204. The van der Waals surface area contributed by atoms with E-state index in [-0.39, 0.29) is 11.9 Å². The molecule has 3 N–H and O–H groups in total. The number of aryl methyl sites for hydroxylation is 1. The van der Waals surface area contributed by atoms with Gasteiger partial charge >= 0.3 is 0 Å². The summed E-state index contributed by atoms with van der Waals surface area (Å²) in [5.74, 6) is 1.19. The van der Waals surface area contributed by atoms with Gasteiger partial charge in [-0.15, -0.1) is 0 Å². The van der Waals surface area contributed by atoms with Crippen LogP contribution in [0.4, 0.5) is 5.95 Å². The molecule has 0 spiro atoms. The SMILES string of the molecule is CCNC(=O)c1c(C)nc(N)nc1-c1ccc(OCC(C)C)cc1. The molecule has 0 fully saturated rings. The summed E-state index contributed by atoms with van der Waals surface area (Å²) in [6.07, 6.45) is 0. The Bertz CT molecular complexity index is 712. The molecule has 0 aliphatic carbocycles. The topological polar surface area (TPSA) is 90.1 Å². The molecule has 24 heavy (non-hydrogen) atoms. The number of amides is 1. The lowest BCUT2D eigenvalue weighted by molar-refractivity contribution is 0.0955. The Kier molecular flexibility index (Phi) is 5.73. The average Bonchev–Trinajstić information content (AvgIpc) is 2.52. The zero-order chi connectivity index (χ0) is 17.7. The number of nitrogens with one attached hydrogen (secondary N) is 1. The third-order valence-corrected chi connectivity index (χ3v) is 3.38. The maximum absolute atomic E-state index is 12.4. The van der Waals surface area contributed by atoms with Crippen molar-refractivity contribution < 1.29 is 9.53 Å². The molecule has 0 saturated heterocycles. The van der Waals surface area contributed by atoms with Gasteiger partial charge in [0.1, 0.15) is 5.75 Å². The summed E-state index contributed by atoms with van der Waals surface area (Å²) in [4.78, 5) is 20.7. The van der Waals surface area contributed by atoms with Gasteiger partial charge in [-0.05, 0) is 44.0 Å². The molecule has 0 unspecified atom stereocenters. The van der Waals surface area contributed by atoms with E-state index in [2.05, 4.69) is 29.1 Å². The van der Waals surface area contributed by atoms with Crippen LogP contribution in [0, 0.1) is 12.8 Å². The van der Waals surface area contributed by atoms with Crippen molar-refractivity contribution in [1.29, 1.82) is 0 Å². The van der Waals surface area contributed by atoms with E-state index < -0.39 is 0 Å². The fourth-order valence-corrected chi connectivity index (χ4v) is 2.30. The summed E-state index contributed by atoms with van der Waals surface area (Å²) in [6, 6.07) is 7.49. The van der Waals surface area contributed by atoms with Gasteiger partial charge in [0.05, 0.1) is 23.6 Å². The summed E-state index contributed by atoms with van der Waals surface area (Å²) in [7, 11) is 0. The lowest BCUT2D eigenvalue weighted by Crippen LogP contribution is -2.25. The number of carbonyl (C=O) groups excluding carboxylic acids is 1. The number of benzene rings is 1. The van der Waals surface area contributed by atoms with Crippen LogP contribution >= 0.6 is 0 Å². The van der Waals surface area contributed by atoms with E-state index in [1.54, 1.807) is 6.92 Å². The van der Waals surface area contributed by atoms with Crippen LogP contribution in [0.15, 0.2) is 24.3 Å². The highest BCUT2D eigenvalue weighted by atomic mass is 16.5. The van der Waals surface area contributed by atoms with Gasteiger partial charge in [0.2, 0.25) is 5.95 Å². The standard InChI is InChI=1S/C18H24N4O2/c1-5-20-17(23)15-12(4)21-18(19)22-16(15)13-6-8-14(9-7-13)24-10-11(2)3/h6-9,11H,5,10H2,1-4H3,(H,20,23)(H2,19,21,22). The monoisotopic (exact) mass is 328 g/mol. The number of nitrogens with zero attached hydrogens (tertiary/aromatic N) is 2. The third-order valence-electron chi connectivity index (χ3n) is 3.38. The highest BCUT2D eigenvalue weighted by Gasteiger charge is 2.19. The van der Waals surface area contributed by atoms with Gasteiger partial charge in [-0.2, -0.15) is 0 Å². The molecule has 1 aromatic carbocycles. The smallest absolute Gasteiger partial charge is 0.255 e. The maximum atomic E-state index is 12.4. The number of hydrogen-bond donors (Lipinski definition) is 2. The molecule has 1 aromatic heterocycles. The van der Waals surface area contributed by atoms with Crippen LogP contribution in [0.5, 0.6) is 5.75 Å². The van der Waals surface area contributed by atoms with Crippen molar-refractivity contribution in [3.05, 3.63) is 35.5 Å². The normalized spacial score (nSPS) is 10.7. The molecule has 1 amide bonds. The van der Waals surface area contributed by atoms with Gasteiger partial charge in [-0.3, -0.25) is 4.79 Å². The molecule has 0 saturated carbocycles. The second kappa shape index (κ2) is 7.77. The van der Waals surface area contributed by atoms with Gasteiger partial charge in [0.15, 0.2) is 0 Å². The number of nitrogens with two attached hydrogens (primary N) is 1. The fourth-order valence-electron chi connectivity index (χ4n) is 2.30. The van der Waals surface area contributed by atoms with Crippen molar-refractivity contribution in [2.45, 2.75) is 27.7 Å². The van der Waals surface area contributed by atoms with E-state index >= 15 is 0 Å². The summed E-state index contributed by atoms with van der Waals surface area (Å²) in [5.41, 5.74) is 8.10. The first-order valence-corrected chi connectivity index (χ1v) is 8.08. The summed E-state index contributed by atoms with van der Waals surface area (Å²) in [6.45, 7) is 9.00. The molecule has 6 heteroatoms. The molecule has 0 radical (unpaired) electrons. The Morgan fingerprint density at radius 2 is 1.92 bits per heavy atom. The summed E-state index contributed by atoms with van der Waals surface area (Å²) < 4.78 is 5.69. The third kappa shape index (κ3) is 4.22. The quantitative estimate of drug-likeness (QED) is 0.851. The lowest BCUT2D eigenvalue weighted by Gasteiger charge is -2.13. The molecule has 0 atom stereocenters. The number of hydrogen-bond acceptors (Lipinski definition) is 5. The predicted molar refractivity (Wildman–Crippen MR) is 95.0 cm³/mol. The highest BCUT2D eigenvalue weighted by Crippen LogP contribution is 2.26. The van der Waals surface area contributed by atoms with Gasteiger partial charge in [-0.1, -0.05) is 13.8 Å². The molecular formula is C18H24N4O2. The second-order valence-corrected chi connectivity index (χ2v) is 5.98. The van der Waals surface area contributed by atoms with Crippen molar-refractivity contribution in [2.75, 3.05) is 18.9 Å². The first kappa shape index (κ1) is 17.7. The van der Waals surface area contributed by atoms with Crippen molar-refractivity contribution in [2.24, 2.45) is 5.92 Å². The van der Waals surface area contributed by atoms with Crippen LogP contribution in [0.2, 0.25) is 0 Å². The molecule has 128 valence electrons. The summed E-state index contributed by atoms with van der Waals surface area (Å²) in [5, 5.41) is 2.79. The zero-order valence-electron chi connectivity index (χ0n) is 14.6. The zero-order valence-corrected chi connectivity index (χ0v) is 14.6. The van der Waals surface area contributed by atoms with Crippen LogP contribution in [0.25, 0.3) is 11.3 Å². The van der Waals surface area contributed by atoms with Crippen LogP contribution in [0.1, 0.15) is 36.8 Å². The van der Waals surface area contributed by atoms with Crippen molar-refractivity contribution >= 4 is 11.9 Å². The highest BCUT2D eigenvalue weighted by molar-refractivity contribution is 6.01. The summed E-state index contributed by atoms with van der Waals surface area (Å²) >= 11 is 0. The Hall–Kier alpha value is -2.63. The Morgan fingerprint density at radius 3 is 2.50 bits per heavy atom. The molecule has 6 nitrogen and oxygen atoms in total. The average molecular weight is 328 g/mol. The Labute approximate surface area is 142 Å². The Balaban J connectivity index is 2.38. The predicted octanol–water partition coefficient (Wildman–Crippen LogP) is 2.82. The van der Waals surface area contributed by atoms with E-state index in [9.17, 15) is 4.79 Å². The molecule has 2 aromatic rings. The van der Waals surface area contributed by atoms with Crippen LogP contribution in [-0.2, 0) is 0 Å². The van der Waals surface area contributed by atoms with Crippen LogP contribution < -0.4 is 15.8 Å². The Morgan fingerprint density at radius 1 is 1.25 bits per heavy atom. The minimum Gasteiger partial charge on any atom is -0.493 e. The number of aromatic nitrogens is 2. The van der Waals surface area contributed by atoms with Gasteiger partial charge in [0, 0.05) is 12.1 Å². The van der Waals surface area contributed by atoms with E-state index in [0.29, 0.717) is 36.0 Å². The van der Waals surface area contributed by atoms with Crippen molar-refractivity contribution in [3.63, 3.8) is 0 Å². The number of rotatable bonds is 6. The molecular weight excluding hydrogens is 304 g/mol. The van der Waals surface area contributed by atoms with Gasteiger partial charge < -0.3 is 15.8 Å².